The van der Waals surface area contributed by atoms with E-state index in [0.29, 0.717) is 24.2 Å². The monoisotopic (exact) mass is 381 g/mol. The maximum absolute atomic E-state index is 13.2. The van der Waals surface area contributed by atoms with Gasteiger partial charge in [-0.3, -0.25) is 9.59 Å². The van der Waals surface area contributed by atoms with Crippen LogP contribution in [0.1, 0.15) is 52.9 Å². The number of rotatable bonds is 4. The molecule has 1 heterocycles. The zero-order valence-electron chi connectivity index (χ0n) is 17.3. The lowest BCUT2D eigenvalue weighted by Crippen LogP contribution is -2.48. The molecule has 28 heavy (non-hydrogen) atoms. The fraction of sp³-hybridized carbons (Fsp3) is 0.565. The summed E-state index contributed by atoms with van der Waals surface area (Å²) in [5.74, 6) is -0.0897. The molecule has 1 spiro atoms. The number of allylic oxidation sites excluding steroid dienone is 4. The van der Waals surface area contributed by atoms with Crippen molar-refractivity contribution in [2.45, 2.75) is 52.9 Å². The van der Waals surface area contributed by atoms with E-state index in [4.69, 9.17) is 5.53 Å². The van der Waals surface area contributed by atoms with E-state index >= 15 is 0 Å². The van der Waals surface area contributed by atoms with Crippen LogP contribution in [0.15, 0.2) is 52.5 Å². The van der Waals surface area contributed by atoms with Gasteiger partial charge in [-0.25, -0.2) is 5.53 Å². The molecule has 0 bridgehead atoms. The first-order valence-electron chi connectivity index (χ1n) is 10.1. The van der Waals surface area contributed by atoms with Crippen molar-refractivity contribution in [3.63, 3.8) is 0 Å². The van der Waals surface area contributed by atoms with Crippen molar-refractivity contribution < 1.29 is 9.59 Å². The van der Waals surface area contributed by atoms with Crippen molar-refractivity contribution in [1.82, 2.24) is 4.90 Å². The minimum Gasteiger partial charge on any atom is -0.370 e. The molecular formula is C23H31N3O2. The molecule has 0 aromatic rings. The Kier molecular flexibility index (Phi) is 5.55. The molecule has 5 heteroatoms. The average Bonchev–Trinajstić information content (AvgIpc) is 2.62. The van der Waals surface area contributed by atoms with Crippen molar-refractivity contribution in [3.8, 4) is 0 Å². The number of ketones is 2. The molecule has 0 radical (unpaired) electrons. The van der Waals surface area contributed by atoms with Crippen LogP contribution in [-0.4, -0.2) is 29.6 Å². The summed E-state index contributed by atoms with van der Waals surface area (Å²) in [6.45, 7) is 15.4. The van der Waals surface area contributed by atoms with Gasteiger partial charge in [0.05, 0.1) is 11.6 Å². The van der Waals surface area contributed by atoms with E-state index in [1.807, 2.05) is 6.92 Å². The molecular weight excluding hydrogens is 350 g/mol. The lowest BCUT2D eigenvalue weighted by atomic mass is 9.61. The molecule has 150 valence electrons. The summed E-state index contributed by atoms with van der Waals surface area (Å²) in [5.41, 5.74) is 11.4. The minimum absolute atomic E-state index is 0.100. The topological polar surface area (TPSA) is 73.6 Å². The Morgan fingerprint density at radius 3 is 2.25 bits per heavy atom. The van der Waals surface area contributed by atoms with E-state index in [2.05, 4.69) is 43.1 Å². The summed E-state index contributed by atoms with van der Waals surface area (Å²) in [4.78, 5) is 28.4. The predicted octanol–water partition coefficient (Wildman–Crippen LogP) is 4.98. The molecule has 1 N–H and O–H groups in total. The summed E-state index contributed by atoms with van der Waals surface area (Å²) in [5, 5.41) is 3.37. The van der Waals surface area contributed by atoms with Crippen molar-refractivity contribution in [3.05, 3.63) is 47.3 Å². The number of nitrogens with one attached hydrogen (secondary N) is 1. The third-order valence-corrected chi connectivity index (χ3v) is 6.80. The first-order chi connectivity index (χ1) is 13.2. The second-order valence-corrected chi connectivity index (χ2v) is 8.95. The molecule has 1 saturated heterocycles. The standard InChI is InChI=1S/C23H31N3O2/c1-14-10-15(2)21(16(3)11-14)22-19(27)12-23(13-20(22)28)6-8-26(9-7-23)18(5)17(4)25-24/h10,16,22,24H,4-9,11-13H2,1-3H3. The lowest BCUT2D eigenvalue weighted by molar-refractivity contribution is -0.140. The number of hydrogen-bond acceptors (Lipinski definition) is 5. The molecule has 3 aliphatic rings. The number of nitrogens with zero attached hydrogens (tertiary/aromatic N) is 2. The highest BCUT2D eigenvalue weighted by Gasteiger charge is 2.48. The number of hydrogen-bond donors (Lipinski definition) is 1. The number of Topliss-reactive ketones (excluding diaryl/α,β-unsaturated/α-hetero) is 2. The summed E-state index contributed by atoms with van der Waals surface area (Å²) in [6, 6.07) is 0. The van der Waals surface area contributed by atoms with Gasteiger partial charge in [0.2, 0.25) is 0 Å². The molecule has 0 aromatic carbocycles. The van der Waals surface area contributed by atoms with Crippen LogP contribution in [0.5, 0.6) is 0 Å². The van der Waals surface area contributed by atoms with Gasteiger partial charge in [-0.15, -0.1) is 0 Å². The number of likely N-dealkylation sites (tertiary alicyclic amines) is 1. The third kappa shape index (κ3) is 3.67. The van der Waals surface area contributed by atoms with Crippen LogP contribution in [0.4, 0.5) is 0 Å². The van der Waals surface area contributed by atoms with Gasteiger partial charge in [-0.2, -0.15) is 5.11 Å². The molecule has 0 aromatic heterocycles. The number of carbonyl (C=O) groups is 2. The fourth-order valence-electron chi connectivity index (χ4n) is 5.39. The average molecular weight is 382 g/mol. The van der Waals surface area contributed by atoms with Crippen LogP contribution < -0.4 is 0 Å². The first kappa shape index (κ1) is 20.4. The second-order valence-electron chi connectivity index (χ2n) is 8.95. The van der Waals surface area contributed by atoms with Gasteiger partial charge < -0.3 is 4.90 Å². The quantitative estimate of drug-likeness (QED) is 0.424. The Morgan fingerprint density at radius 2 is 1.75 bits per heavy atom. The molecule has 2 aliphatic carbocycles. The smallest absolute Gasteiger partial charge is 0.148 e. The second kappa shape index (κ2) is 7.61. The Balaban J connectivity index is 1.75. The van der Waals surface area contributed by atoms with Crippen LogP contribution in [0.3, 0.4) is 0 Å². The van der Waals surface area contributed by atoms with Gasteiger partial charge >= 0.3 is 0 Å². The normalized spacial score (nSPS) is 25.8. The highest BCUT2D eigenvalue weighted by Crippen LogP contribution is 2.47. The SMILES string of the molecule is C=C(N=N)C(=C)N1CCC2(CC1)CC(=O)C(C1=C(C)C=C(C)CC1C)C(=O)C2. The Labute approximate surface area is 167 Å². The minimum atomic E-state index is -0.542. The maximum atomic E-state index is 13.2. The zero-order chi connectivity index (χ0) is 20.6. The van der Waals surface area contributed by atoms with Gasteiger partial charge in [-0.05, 0) is 50.0 Å². The predicted molar refractivity (Wildman–Crippen MR) is 110 cm³/mol. The summed E-state index contributed by atoms with van der Waals surface area (Å²) in [6.07, 6.45) is 5.60. The van der Waals surface area contributed by atoms with Gasteiger partial charge in [0.1, 0.15) is 17.3 Å². The van der Waals surface area contributed by atoms with Crippen molar-refractivity contribution in [1.29, 1.82) is 5.53 Å². The van der Waals surface area contributed by atoms with E-state index in [1.54, 1.807) is 0 Å². The van der Waals surface area contributed by atoms with Crippen molar-refractivity contribution >= 4 is 11.6 Å². The van der Waals surface area contributed by atoms with E-state index in [1.165, 1.54) is 5.57 Å². The van der Waals surface area contributed by atoms with Crippen LogP contribution in [-0.2, 0) is 9.59 Å². The molecule has 1 aliphatic heterocycles. The van der Waals surface area contributed by atoms with E-state index < -0.39 is 5.92 Å². The largest absolute Gasteiger partial charge is 0.370 e. The molecule has 0 amide bonds. The highest BCUT2D eigenvalue weighted by atomic mass is 16.2. The Morgan fingerprint density at radius 1 is 1.18 bits per heavy atom. The van der Waals surface area contributed by atoms with E-state index in [-0.39, 0.29) is 22.9 Å². The third-order valence-electron chi connectivity index (χ3n) is 6.80. The van der Waals surface area contributed by atoms with Gasteiger partial charge in [0.15, 0.2) is 0 Å². The Hall–Kier alpha value is -2.30. The van der Waals surface area contributed by atoms with Crippen LogP contribution >= 0.6 is 0 Å². The highest BCUT2D eigenvalue weighted by molar-refractivity contribution is 6.08. The molecule has 1 atom stereocenters. The zero-order valence-corrected chi connectivity index (χ0v) is 17.3. The van der Waals surface area contributed by atoms with Crippen LogP contribution in [0.2, 0.25) is 0 Å². The van der Waals surface area contributed by atoms with Gasteiger partial charge in [0.25, 0.3) is 0 Å². The number of carbonyl (C=O) groups excluding carboxylic acids is 2. The summed E-state index contributed by atoms with van der Waals surface area (Å²) in [7, 11) is 0. The van der Waals surface area contributed by atoms with Gasteiger partial charge in [-0.1, -0.05) is 37.3 Å². The van der Waals surface area contributed by atoms with Crippen molar-refractivity contribution in [2.24, 2.45) is 22.4 Å². The first-order valence-corrected chi connectivity index (χ1v) is 10.1. The molecule has 2 fully saturated rings. The molecule has 5 nitrogen and oxygen atoms in total. The summed E-state index contributed by atoms with van der Waals surface area (Å²) >= 11 is 0. The fourth-order valence-corrected chi connectivity index (χ4v) is 5.39. The summed E-state index contributed by atoms with van der Waals surface area (Å²) < 4.78 is 0. The van der Waals surface area contributed by atoms with E-state index in [9.17, 15) is 9.59 Å². The van der Waals surface area contributed by atoms with Crippen LogP contribution in [0, 0.1) is 22.8 Å². The molecule has 3 rings (SSSR count). The lowest BCUT2D eigenvalue weighted by Gasteiger charge is -2.46. The van der Waals surface area contributed by atoms with Gasteiger partial charge in [0, 0.05) is 25.9 Å². The molecule has 1 saturated carbocycles. The number of piperidine rings is 1. The molecule has 1 unspecified atom stereocenters. The maximum Gasteiger partial charge on any atom is 0.148 e. The van der Waals surface area contributed by atoms with Crippen molar-refractivity contribution in [2.75, 3.05) is 13.1 Å². The van der Waals surface area contributed by atoms with Crippen LogP contribution in [0.25, 0.3) is 0 Å². The van der Waals surface area contributed by atoms with E-state index in [0.717, 1.165) is 43.5 Å². The Bertz CT molecular complexity index is 790.